The molecule has 0 spiro atoms. The standard InChI is InChI=1S/C12H21N/c1-8-11(10(2)3)9-13(7)12(4,5)6/h8-9H,1-2H2,3-7H3/b11-9+. The van der Waals surface area contributed by atoms with Crippen molar-refractivity contribution in [3.05, 3.63) is 36.6 Å². The fourth-order valence-electron chi connectivity index (χ4n) is 0.739. The molecule has 0 bridgehead atoms. The van der Waals surface area contributed by atoms with Crippen molar-refractivity contribution in [3.63, 3.8) is 0 Å². The molecule has 1 heteroatoms. The molecular formula is C12H21N. The van der Waals surface area contributed by atoms with Crippen LogP contribution >= 0.6 is 0 Å². The zero-order valence-corrected chi connectivity index (χ0v) is 9.52. The molecule has 74 valence electrons. The molecule has 0 aliphatic rings. The number of nitrogens with zero attached hydrogens (tertiary/aromatic N) is 1. The Balaban J connectivity index is 4.71. The lowest BCUT2D eigenvalue weighted by atomic mass is 10.1. The van der Waals surface area contributed by atoms with Gasteiger partial charge in [-0.2, -0.15) is 0 Å². The Labute approximate surface area is 82.4 Å². The average Bonchev–Trinajstić information content (AvgIpc) is 1.96. The number of allylic oxidation sites excluding steroid dienone is 3. The van der Waals surface area contributed by atoms with Crippen molar-refractivity contribution in [1.29, 1.82) is 0 Å². The summed E-state index contributed by atoms with van der Waals surface area (Å²) in [6.07, 6.45) is 3.92. The summed E-state index contributed by atoms with van der Waals surface area (Å²) in [6, 6.07) is 0. The maximum atomic E-state index is 3.90. The van der Waals surface area contributed by atoms with Gasteiger partial charge in [0.2, 0.25) is 0 Å². The largest absolute Gasteiger partial charge is 0.375 e. The molecule has 0 N–H and O–H groups in total. The molecule has 0 aromatic rings. The van der Waals surface area contributed by atoms with Crippen molar-refractivity contribution in [3.8, 4) is 0 Å². The van der Waals surface area contributed by atoms with Crippen molar-refractivity contribution in [2.75, 3.05) is 7.05 Å². The SMILES string of the molecule is C=C/C(=C\N(C)C(C)(C)C)C(=C)C. The quantitative estimate of drug-likeness (QED) is 0.600. The maximum Gasteiger partial charge on any atom is 0.0309 e. The van der Waals surface area contributed by atoms with Gasteiger partial charge in [-0.3, -0.25) is 0 Å². The van der Waals surface area contributed by atoms with Crippen molar-refractivity contribution in [2.24, 2.45) is 0 Å². The fraction of sp³-hybridized carbons (Fsp3) is 0.500. The van der Waals surface area contributed by atoms with Gasteiger partial charge in [0.05, 0.1) is 0 Å². The van der Waals surface area contributed by atoms with Gasteiger partial charge in [-0.1, -0.05) is 19.2 Å². The van der Waals surface area contributed by atoms with E-state index in [1.807, 2.05) is 13.0 Å². The molecular weight excluding hydrogens is 158 g/mol. The summed E-state index contributed by atoms with van der Waals surface area (Å²) in [5, 5.41) is 0. The van der Waals surface area contributed by atoms with Gasteiger partial charge in [-0.25, -0.2) is 0 Å². The summed E-state index contributed by atoms with van der Waals surface area (Å²) in [5.74, 6) is 0. The van der Waals surface area contributed by atoms with E-state index in [2.05, 4.69) is 52.1 Å². The van der Waals surface area contributed by atoms with Crippen molar-refractivity contribution >= 4 is 0 Å². The van der Waals surface area contributed by atoms with Crippen LogP contribution in [0, 0.1) is 0 Å². The highest BCUT2D eigenvalue weighted by atomic mass is 15.1. The van der Waals surface area contributed by atoms with Crippen molar-refractivity contribution < 1.29 is 0 Å². The van der Waals surface area contributed by atoms with Gasteiger partial charge >= 0.3 is 0 Å². The molecule has 0 aromatic heterocycles. The van der Waals surface area contributed by atoms with Gasteiger partial charge in [0.15, 0.2) is 0 Å². The van der Waals surface area contributed by atoms with E-state index >= 15 is 0 Å². The lowest BCUT2D eigenvalue weighted by molar-refractivity contribution is 0.249. The Morgan fingerprint density at radius 3 is 2.00 bits per heavy atom. The van der Waals surface area contributed by atoms with Gasteiger partial charge in [-0.15, -0.1) is 0 Å². The minimum atomic E-state index is 0.143. The van der Waals surface area contributed by atoms with Gasteiger partial charge in [-0.05, 0) is 38.8 Å². The highest BCUT2D eigenvalue weighted by Gasteiger charge is 2.13. The van der Waals surface area contributed by atoms with Crippen LogP contribution in [0.5, 0.6) is 0 Å². The van der Waals surface area contributed by atoms with Crippen LogP contribution in [0.25, 0.3) is 0 Å². The van der Waals surface area contributed by atoms with Crippen LogP contribution in [-0.4, -0.2) is 17.5 Å². The molecule has 0 atom stereocenters. The third-order valence-electron chi connectivity index (χ3n) is 2.10. The molecule has 0 aliphatic carbocycles. The first kappa shape index (κ1) is 12.0. The van der Waals surface area contributed by atoms with Crippen LogP contribution in [0.15, 0.2) is 36.6 Å². The lowest BCUT2D eigenvalue weighted by Crippen LogP contribution is -2.33. The summed E-state index contributed by atoms with van der Waals surface area (Å²) in [5.41, 5.74) is 2.28. The summed E-state index contributed by atoms with van der Waals surface area (Å²) in [4.78, 5) is 2.17. The predicted octanol–water partition coefficient (Wildman–Crippen LogP) is 3.36. The van der Waals surface area contributed by atoms with E-state index in [0.29, 0.717) is 0 Å². The zero-order valence-electron chi connectivity index (χ0n) is 9.52. The number of hydrogen-bond acceptors (Lipinski definition) is 1. The Morgan fingerprint density at radius 1 is 1.31 bits per heavy atom. The topological polar surface area (TPSA) is 3.24 Å². The van der Waals surface area contributed by atoms with Gasteiger partial charge in [0.1, 0.15) is 0 Å². The molecule has 0 aromatic carbocycles. The Kier molecular flexibility index (Phi) is 3.99. The molecule has 1 nitrogen and oxygen atoms in total. The number of rotatable bonds is 3. The van der Waals surface area contributed by atoms with E-state index in [1.54, 1.807) is 0 Å². The lowest BCUT2D eigenvalue weighted by Gasteiger charge is -2.31. The second kappa shape index (κ2) is 4.31. The molecule has 0 saturated heterocycles. The van der Waals surface area contributed by atoms with E-state index in [1.165, 1.54) is 0 Å². The first-order valence-electron chi connectivity index (χ1n) is 4.52. The number of hydrogen-bond donors (Lipinski definition) is 0. The van der Waals surface area contributed by atoms with E-state index in [4.69, 9.17) is 0 Å². The third kappa shape index (κ3) is 3.97. The molecule has 0 saturated carbocycles. The molecule has 0 amide bonds. The molecule has 0 unspecified atom stereocenters. The smallest absolute Gasteiger partial charge is 0.0309 e. The average molecular weight is 179 g/mol. The monoisotopic (exact) mass is 179 g/mol. The highest BCUT2D eigenvalue weighted by Crippen LogP contribution is 2.15. The van der Waals surface area contributed by atoms with Crippen LogP contribution in [0.2, 0.25) is 0 Å². The van der Waals surface area contributed by atoms with Crippen LogP contribution in [0.1, 0.15) is 27.7 Å². The van der Waals surface area contributed by atoms with Crippen molar-refractivity contribution in [1.82, 2.24) is 4.90 Å². The van der Waals surface area contributed by atoms with Gasteiger partial charge in [0, 0.05) is 18.8 Å². The predicted molar refractivity (Wildman–Crippen MR) is 60.6 cm³/mol. The fourth-order valence-corrected chi connectivity index (χ4v) is 0.739. The summed E-state index contributed by atoms with van der Waals surface area (Å²) < 4.78 is 0. The van der Waals surface area contributed by atoms with E-state index in [0.717, 1.165) is 11.1 Å². The Bertz CT molecular complexity index is 228. The minimum Gasteiger partial charge on any atom is -0.375 e. The van der Waals surface area contributed by atoms with Crippen LogP contribution < -0.4 is 0 Å². The first-order chi connectivity index (χ1) is 5.79. The first-order valence-corrected chi connectivity index (χ1v) is 4.52. The summed E-state index contributed by atoms with van der Waals surface area (Å²) in [6.45, 7) is 16.2. The molecule has 0 rings (SSSR count). The van der Waals surface area contributed by atoms with Crippen LogP contribution in [-0.2, 0) is 0 Å². The summed E-state index contributed by atoms with van der Waals surface area (Å²) >= 11 is 0. The molecule has 0 radical (unpaired) electrons. The van der Waals surface area contributed by atoms with Crippen LogP contribution in [0.4, 0.5) is 0 Å². The van der Waals surface area contributed by atoms with E-state index in [9.17, 15) is 0 Å². The highest BCUT2D eigenvalue weighted by molar-refractivity contribution is 5.34. The normalized spacial score (nSPS) is 12.5. The van der Waals surface area contributed by atoms with Gasteiger partial charge in [0.25, 0.3) is 0 Å². The Morgan fingerprint density at radius 2 is 1.77 bits per heavy atom. The molecule has 0 fully saturated rings. The zero-order chi connectivity index (χ0) is 10.6. The Hall–Kier alpha value is -0.980. The second-order valence-corrected chi connectivity index (χ2v) is 4.35. The van der Waals surface area contributed by atoms with E-state index in [-0.39, 0.29) is 5.54 Å². The van der Waals surface area contributed by atoms with E-state index < -0.39 is 0 Å². The second-order valence-electron chi connectivity index (χ2n) is 4.35. The van der Waals surface area contributed by atoms with Crippen molar-refractivity contribution in [2.45, 2.75) is 33.2 Å². The van der Waals surface area contributed by atoms with Crippen LogP contribution in [0.3, 0.4) is 0 Å². The maximum absolute atomic E-state index is 3.90. The van der Waals surface area contributed by atoms with Gasteiger partial charge < -0.3 is 4.90 Å². The summed E-state index contributed by atoms with van der Waals surface area (Å²) in [7, 11) is 2.06. The molecule has 13 heavy (non-hydrogen) atoms. The molecule has 0 heterocycles. The third-order valence-corrected chi connectivity index (χ3v) is 2.10. The minimum absolute atomic E-state index is 0.143. The molecule has 0 aliphatic heterocycles.